The zero-order valence-corrected chi connectivity index (χ0v) is 13.4. The molecular weight excluding hydrogens is 318 g/mol. The number of benzene rings is 2. The Morgan fingerprint density at radius 2 is 1.64 bits per heavy atom. The zero-order chi connectivity index (χ0) is 17.6. The topological polar surface area (TPSA) is 79.5 Å². The highest BCUT2D eigenvalue weighted by Gasteiger charge is 2.15. The largest absolute Gasteiger partial charge is 0.505 e. The van der Waals surface area contributed by atoms with E-state index in [1.54, 1.807) is 24.3 Å². The van der Waals surface area contributed by atoms with Gasteiger partial charge in [0.1, 0.15) is 11.5 Å². The maximum Gasteiger partial charge on any atom is 0.364 e. The number of aryl methyl sites for hydroxylation is 1. The third kappa shape index (κ3) is 4.14. The third-order valence-corrected chi connectivity index (χ3v) is 3.74. The second-order valence-corrected chi connectivity index (χ2v) is 5.56. The van der Waals surface area contributed by atoms with Crippen LogP contribution in [0.5, 0.6) is 5.75 Å². The fourth-order valence-corrected chi connectivity index (χ4v) is 2.45. The molecule has 3 aromatic rings. The zero-order valence-electron chi connectivity index (χ0n) is 13.4. The van der Waals surface area contributed by atoms with Crippen molar-refractivity contribution in [2.75, 3.05) is 5.32 Å². The molecule has 0 aliphatic heterocycles. The average Bonchev–Trinajstić information content (AvgIpc) is 2.64. The van der Waals surface area contributed by atoms with E-state index < -0.39 is 5.63 Å². The van der Waals surface area contributed by atoms with Crippen LogP contribution >= 0.6 is 0 Å². The Morgan fingerprint density at radius 3 is 2.28 bits per heavy atom. The molecule has 0 bridgehead atoms. The van der Waals surface area contributed by atoms with Crippen LogP contribution in [-0.4, -0.2) is 11.0 Å². The van der Waals surface area contributed by atoms with Gasteiger partial charge >= 0.3 is 5.63 Å². The number of rotatable bonds is 5. The van der Waals surface area contributed by atoms with Crippen molar-refractivity contribution in [2.24, 2.45) is 0 Å². The van der Waals surface area contributed by atoms with E-state index in [-0.39, 0.29) is 29.5 Å². The van der Waals surface area contributed by atoms with Crippen molar-refractivity contribution in [2.45, 2.75) is 12.8 Å². The molecule has 2 aromatic carbocycles. The lowest BCUT2D eigenvalue weighted by atomic mass is 10.1. The molecule has 0 radical (unpaired) electrons. The van der Waals surface area contributed by atoms with Crippen LogP contribution in [0.15, 0.2) is 75.9 Å². The first-order chi connectivity index (χ1) is 12.1. The maximum absolute atomic E-state index is 12.1. The summed E-state index contributed by atoms with van der Waals surface area (Å²) in [6.07, 6.45) is 0.740. The van der Waals surface area contributed by atoms with Crippen molar-refractivity contribution in [1.82, 2.24) is 0 Å². The van der Waals surface area contributed by atoms with Crippen LogP contribution in [0.4, 0.5) is 5.69 Å². The normalized spacial score (nSPS) is 10.4. The van der Waals surface area contributed by atoms with Gasteiger partial charge in [0.2, 0.25) is 5.91 Å². The van der Waals surface area contributed by atoms with Crippen LogP contribution in [0.3, 0.4) is 0 Å². The Bertz CT molecular complexity index is 917. The van der Waals surface area contributed by atoms with E-state index in [1.807, 2.05) is 36.4 Å². The Labute approximate surface area is 144 Å². The molecule has 0 saturated carbocycles. The van der Waals surface area contributed by atoms with Gasteiger partial charge in [0.15, 0.2) is 5.69 Å². The Hall–Kier alpha value is -3.34. The quantitative estimate of drug-likeness (QED) is 0.747. The summed E-state index contributed by atoms with van der Waals surface area (Å²) in [5, 5.41) is 12.5. The molecule has 2 N–H and O–H groups in total. The Morgan fingerprint density at radius 1 is 1.00 bits per heavy atom. The van der Waals surface area contributed by atoms with E-state index in [2.05, 4.69) is 5.32 Å². The van der Waals surface area contributed by atoms with Crippen molar-refractivity contribution in [3.05, 3.63) is 82.7 Å². The molecule has 126 valence electrons. The number of hydrogen-bond acceptors (Lipinski definition) is 4. The summed E-state index contributed by atoms with van der Waals surface area (Å²) in [5.74, 6) is -0.438. The summed E-state index contributed by atoms with van der Waals surface area (Å²) in [7, 11) is 0. The molecule has 3 rings (SSSR count). The van der Waals surface area contributed by atoms with E-state index in [4.69, 9.17) is 4.42 Å². The highest BCUT2D eigenvalue weighted by atomic mass is 16.4. The van der Waals surface area contributed by atoms with Crippen molar-refractivity contribution < 1.29 is 14.3 Å². The minimum atomic E-state index is -0.785. The number of hydrogen-bond donors (Lipinski definition) is 2. The fourth-order valence-electron chi connectivity index (χ4n) is 2.45. The van der Waals surface area contributed by atoms with E-state index in [0.717, 1.165) is 5.56 Å². The summed E-state index contributed by atoms with van der Waals surface area (Å²) in [6.45, 7) is 0. The lowest BCUT2D eigenvalue weighted by Crippen LogP contribution is -2.18. The molecule has 0 fully saturated rings. The average molecular weight is 335 g/mol. The highest BCUT2D eigenvalue weighted by Crippen LogP contribution is 2.26. The van der Waals surface area contributed by atoms with Gasteiger partial charge in [-0.25, -0.2) is 4.79 Å². The summed E-state index contributed by atoms with van der Waals surface area (Å²) < 4.78 is 5.21. The predicted octanol–water partition coefficient (Wildman–Crippen LogP) is 3.58. The van der Waals surface area contributed by atoms with Crippen molar-refractivity contribution >= 4 is 11.6 Å². The van der Waals surface area contributed by atoms with Gasteiger partial charge in [-0.2, -0.15) is 0 Å². The van der Waals surface area contributed by atoms with Gasteiger partial charge in [0.05, 0.1) is 0 Å². The summed E-state index contributed by atoms with van der Waals surface area (Å²) >= 11 is 0. The van der Waals surface area contributed by atoms with Crippen LogP contribution in [0.2, 0.25) is 0 Å². The van der Waals surface area contributed by atoms with Gasteiger partial charge in [-0.1, -0.05) is 60.7 Å². The summed E-state index contributed by atoms with van der Waals surface area (Å²) in [4.78, 5) is 24.1. The third-order valence-electron chi connectivity index (χ3n) is 3.74. The fraction of sp³-hybridized carbons (Fsp3) is 0.100. The predicted molar refractivity (Wildman–Crippen MR) is 95.5 cm³/mol. The monoisotopic (exact) mass is 335 g/mol. The van der Waals surface area contributed by atoms with Crippen LogP contribution in [-0.2, 0) is 11.2 Å². The second-order valence-electron chi connectivity index (χ2n) is 5.56. The van der Waals surface area contributed by atoms with Crippen LogP contribution in [0.1, 0.15) is 12.0 Å². The number of aromatic hydroxyl groups is 1. The van der Waals surface area contributed by atoms with Crippen molar-refractivity contribution in [3.63, 3.8) is 0 Å². The van der Waals surface area contributed by atoms with Crippen LogP contribution in [0, 0.1) is 0 Å². The lowest BCUT2D eigenvalue weighted by Gasteiger charge is -2.08. The standard InChI is InChI=1S/C20H17NO4/c22-16-13-17(15-9-5-2-6-10-15)25-20(24)19(16)21-18(23)12-11-14-7-3-1-4-8-14/h1-10,13,22H,11-12H2,(H,21,23). The van der Waals surface area contributed by atoms with Gasteiger partial charge in [0, 0.05) is 18.1 Å². The molecule has 0 unspecified atom stereocenters. The number of carbonyl (C=O) groups is 1. The van der Waals surface area contributed by atoms with Crippen LogP contribution < -0.4 is 10.9 Å². The SMILES string of the molecule is O=C(CCc1ccccc1)Nc1c(O)cc(-c2ccccc2)oc1=O. The molecular formula is C20H17NO4. The van der Waals surface area contributed by atoms with Gasteiger partial charge in [0.25, 0.3) is 0 Å². The molecule has 0 aliphatic rings. The van der Waals surface area contributed by atoms with Crippen molar-refractivity contribution in [3.8, 4) is 17.1 Å². The number of carbonyl (C=O) groups excluding carboxylic acids is 1. The molecule has 0 spiro atoms. The first-order valence-corrected chi connectivity index (χ1v) is 7.90. The molecule has 5 nitrogen and oxygen atoms in total. The maximum atomic E-state index is 12.1. The summed E-state index contributed by atoms with van der Waals surface area (Å²) in [5.41, 5.74) is 0.662. The molecule has 1 amide bonds. The highest BCUT2D eigenvalue weighted by molar-refractivity contribution is 5.92. The molecule has 0 aliphatic carbocycles. The van der Waals surface area contributed by atoms with Gasteiger partial charge in [-0.3, -0.25) is 4.79 Å². The molecule has 25 heavy (non-hydrogen) atoms. The molecule has 0 saturated heterocycles. The minimum absolute atomic E-state index is 0.198. The van der Waals surface area contributed by atoms with E-state index in [0.29, 0.717) is 12.0 Å². The molecule has 1 aromatic heterocycles. The first kappa shape index (κ1) is 16.5. The number of anilines is 1. The first-order valence-electron chi connectivity index (χ1n) is 7.90. The van der Waals surface area contributed by atoms with E-state index in [1.165, 1.54) is 6.07 Å². The number of amides is 1. The Kier molecular flexibility index (Phi) is 4.95. The van der Waals surface area contributed by atoms with Gasteiger partial charge < -0.3 is 14.8 Å². The minimum Gasteiger partial charge on any atom is -0.505 e. The molecule has 5 heteroatoms. The number of nitrogens with one attached hydrogen (secondary N) is 1. The van der Waals surface area contributed by atoms with Crippen molar-refractivity contribution in [1.29, 1.82) is 0 Å². The smallest absolute Gasteiger partial charge is 0.364 e. The van der Waals surface area contributed by atoms with Crippen LogP contribution in [0.25, 0.3) is 11.3 Å². The van der Waals surface area contributed by atoms with E-state index in [9.17, 15) is 14.7 Å². The Balaban J connectivity index is 1.72. The van der Waals surface area contributed by atoms with Gasteiger partial charge in [-0.15, -0.1) is 0 Å². The second kappa shape index (κ2) is 7.49. The molecule has 0 atom stereocenters. The summed E-state index contributed by atoms with van der Waals surface area (Å²) in [6, 6.07) is 19.8. The van der Waals surface area contributed by atoms with Gasteiger partial charge in [-0.05, 0) is 12.0 Å². The lowest BCUT2D eigenvalue weighted by molar-refractivity contribution is -0.116. The molecule has 1 heterocycles. The van der Waals surface area contributed by atoms with E-state index >= 15 is 0 Å².